The van der Waals surface area contributed by atoms with Crippen molar-refractivity contribution in [3.05, 3.63) is 11.9 Å². The zero-order valence-electron chi connectivity index (χ0n) is 10.2. The fourth-order valence-electron chi connectivity index (χ4n) is 1.43. The van der Waals surface area contributed by atoms with E-state index >= 15 is 0 Å². The van der Waals surface area contributed by atoms with Crippen LogP contribution in [0.4, 0.5) is 5.82 Å². The van der Waals surface area contributed by atoms with Gasteiger partial charge in [-0.1, -0.05) is 26.7 Å². The van der Waals surface area contributed by atoms with Gasteiger partial charge < -0.3 is 5.73 Å². The Morgan fingerprint density at radius 2 is 2.00 bits per heavy atom. The summed E-state index contributed by atoms with van der Waals surface area (Å²) in [5, 5.41) is 1.02. The molecule has 1 heterocycles. The van der Waals surface area contributed by atoms with Crippen LogP contribution in [0.1, 0.15) is 45.4 Å². The normalized spacial score (nSPS) is 10.6. The number of aromatic nitrogens is 2. The van der Waals surface area contributed by atoms with Gasteiger partial charge in [-0.2, -0.15) is 0 Å². The molecule has 0 atom stereocenters. The van der Waals surface area contributed by atoms with Gasteiger partial charge in [0.2, 0.25) is 0 Å². The zero-order valence-corrected chi connectivity index (χ0v) is 11.0. The maximum absolute atomic E-state index is 5.76. The van der Waals surface area contributed by atoms with Crippen LogP contribution in [0, 0.1) is 0 Å². The Balaban J connectivity index is 2.51. The SMILES string of the molecule is CCCCCSc1cc(N)nc(CCC)n1. The molecule has 16 heavy (non-hydrogen) atoms. The van der Waals surface area contributed by atoms with Crippen molar-refractivity contribution in [3.63, 3.8) is 0 Å². The summed E-state index contributed by atoms with van der Waals surface area (Å²) in [5.41, 5.74) is 5.76. The summed E-state index contributed by atoms with van der Waals surface area (Å²) in [7, 11) is 0. The van der Waals surface area contributed by atoms with E-state index < -0.39 is 0 Å². The van der Waals surface area contributed by atoms with Gasteiger partial charge in [0.1, 0.15) is 16.7 Å². The Bertz CT molecular complexity index is 315. The van der Waals surface area contributed by atoms with E-state index in [1.165, 1.54) is 19.3 Å². The predicted molar refractivity (Wildman–Crippen MR) is 70.7 cm³/mol. The molecule has 0 amide bonds. The van der Waals surface area contributed by atoms with Gasteiger partial charge in [0.15, 0.2) is 0 Å². The molecule has 0 spiro atoms. The van der Waals surface area contributed by atoms with Crippen molar-refractivity contribution in [1.82, 2.24) is 9.97 Å². The van der Waals surface area contributed by atoms with E-state index in [0.29, 0.717) is 5.82 Å². The van der Waals surface area contributed by atoms with E-state index in [1.54, 1.807) is 11.8 Å². The molecular weight excluding hydrogens is 218 g/mol. The number of nitrogen functional groups attached to an aromatic ring is 1. The van der Waals surface area contributed by atoms with Gasteiger partial charge in [-0.15, -0.1) is 11.8 Å². The molecule has 1 rings (SSSR count). The van der Waals surface area contributed by atoms with Gasteiger partial charge in [0.05, 0.1) is 0 Å². The van der Waals surface area contributed by atoms with Crippen molar-refractivity contribution < 1.29 is 0 Å². The maximum Gasteiger partial charge on any atom is 0.132 e. The first-order valence-electron chi connectivity index (χ1n) is 6.02. The van der Waals surface area contributed by atoms with Crippen LogP contribution >= 0.6 is 11.8 Å². The number of thioether (sulfide) groups is 1. The van der Waals surface area contributed by atoms with Crippen molar-refractivity contribution in [3.8, 4) is 0 Å². The number of anilines is 1. The lowest BCUT2D eigenvalue weighted by molar-refractivity contribution is 0.776. The van der Waals surface area contributed by atoms with Crippen LogP contribution in [0.2, 0.25) is 0 Å². The Morgan fingerprint density at radius 3 is 2.69 bits per heavy atom. The largest absolute Gasteiger partial charge is 0.384 e. The summed E-state index contributed by atoms with van der Waals surface area (Å²) in [6, 6.07) is 1.87. The number of unbranched alkanes of at least 4 members (excludes halogenated alkanes) is 2. The van der Waals surface area contributed by atoms with Crippen LogP contribution in [-0.4, -0.2) is 15.7 Å². The van der Waals surface area contributed by atoms with E-state index in [2.05, 4.69) is 23.8 Å². The molecule has 4 heteroatoms. The Labute approximate surface area is 102 Å². The molecule has 1 aromatic rings. The summed E-state index contributed by atoms with van der Waals surface area (Å²) in [4.78, 5) is 8.71. The first-order chi connectivity index (χ1) is 7.76. The number of nitrogens with two attached hydrogens (primary N) is 1. The Hall–Kier alpha value is -0.770. The minimum Gasteiger partial charge on any atom is -0.384 e. The molecular formula is C12H21N3S. The predicted octanol–water partition coefficient (Wildman–Crippen LogP) is 3.29. The van der Waals surface area contributed by atoms with Crippen molar-refractivity contribution in [2.75, 3.05) is 11.5 Å². The van der Waals surface area contributed by atoms with Gasteiger partial charge in [0, 0.05) is 12.5 Å². The van der Waals surface area contributed by atoms with Gasteiger partial charge >= 0.3 is 0 Å². The van der Waals surface area contributed by atoms with Gasteiger partial charge in [-0.3, -0.25) is 0 Å². The molecule has 0 aliphatic carbocycles. The number of hydrogen-bond acceptors (Lipinski definition) is 4. The van der Waals surface area contributed by atoms with Crippen LogP contribution in [0.15, 0.2) is 11.1 Å². The third-order valence-electron chi connectivity index (χ3n) is 2.24. The molecule has 0 radical (unpaired) electrons. The quantitative estimate of drug-likeness (QED) is 0.450. The Morgan fingerprint density at radius 1 is 1.19 bits per heavy atom. The van der Waals surface area contributed by atoms with E-state index in [9.17, 15) is 0 Å². The van der Waals surface area contributed by atoms with Gasteiger partial charge in [0.25, 0.3) is 0 Å². The Kier molecular flexibility index (Phi) is 6.23. The monoisotopic (exact) mass is 239 g/mol. The highest BCUT2D eigenvalue weighted by Crippen LogP contribution is 2.19. The number of hydrogen-bond donors (Lipinski definition) is 1. The highest BCUT2D eigenvalue weighted by Gasteiger charge is 2.02. The lowest BCUT2D eigenvalue weighted by Crippen LogP contribution is -2.00. The molecule has 0 saturated heterocycles. The summed E-state index contributed by atoms with van der Waals surface area (Å²) in [6.45, 7) is 4.34. The standard InChI is InChI=1S/C12H21N3S/c1-3-5-6-8-16-12-9-10(13)14-11(15-12)7-4-2/h9H,3-8H2,1-2H3,(H2,13,14,15). The van der Waals surface area contributed by atoms with E-state index in [-0.39, 0.29) is 0 Å². The second kappa shape index (κ2) is 7.49. The number of nitrogens with zero attached hydrogens (tertiary/aromatic N) is 2. The minimum atomic E-state index is 0.594. The molecule has 0 aliphatic heterocycles. The average Bonchev–Trinajstić information content (AvgIpc) is 2.24. The van der Waals surface area contributed by atoms with Crippen molar-refractivity contribution in [2.45, 2.75) is 51.0 Å². The topological polar surface area (TPSA) is 51.8 Å². The zero-order chi connectivity index (χ0) is 11.8. The molecule has 0 fully saturated rings. The first kappa shape index (κ1) is 13.3. The third-order valence-corrected chi connectivity index (χ3v) is 3.24. The lowest BCUT2D eigenvalue weighted by Gasteiger charge is -2.04. The van der Waals surface area contributed by atoms with Crippen molar-refractivity contribution in [2.24, 2.45) is 0 Å². The van der Waals surface area contributed by atoms with Crippen molar-refractivity contribution in [1.29, 1.82) is 0 Å². The summed E-state index contributed by atoms with van der Waals surface area (Å²) in [6.07, 6.45) is 5.76. The molecule has 2 N–H and O–H groups in total. The van der Waals surface area contributed by atoms with E-state index in [0.717, 1.165) is 29.4 Å². The van der Waals surface area contributed by atoms with Crippen LogP contribution in [0.25, 0.3) is 0 Å². The molecule has 0 unspecified atom stereocenters. The fraction of sp³-hybridized carbons (Fsp3) is 0.667. The number of aryl methyl sites for hydroxylation is 1. The fourth-order valence-corrected chi connectivity index (χ4v) is 2.36. The third kappa shape index (κ3) is 4.84. The smallest absolute Gasteiger partial charge is 0.132 e. The molecule has 0 aromatic carbocycles. The van der Waals surface area contributed by atoms with Crippen LogP contribution < -0.4 is 5.73 Å². The maximum atomic E-state index is 5.76. The van der Waals surface area contributed by atoms with Crippen LogP contribution in [0.5, 0.6) is 0 Å². The molecule has 1 aromatic heterocycles. The number of rotatable bonds is 7. The molecule has 0 bridgehead atoms. The van der Waals surface area contributed by atoms with Gasteiger partial charge in [-0.25, -0.2) is 9.97 Å². The second-order valence-corrected chi connectivity index (χ2v) is 4.97. The summed E-state index contributed by atoms with van der Waals surface area (Å²) >= 11 is 1.78. The highest BCUT2D eigenvalue weighted by atomic mass is 32.2. The lowest BCUT2D eigenvalue weighted by atomic mass is 10.3. The second-order valence-electron chi connectivity index (χ2n) is 3.85. The van der Waals surface area contributed by atoms with Crippen LogP contribution in [-0.2, 0) is 6.42 Å². The van der Waals surface area contributed by atoms with E-state index in [1.807, 2.05) is 6.07 Å². The van der Waals surface area contributed by atoms with Gasteiger partial charge in [-0.05, 0) is 18.6 Å². The highest BCUT2D eigenvalue weighted by molar-refractivity contribution is 7.99. The minimum absolute atomic E-state index is 0.594. The van der Waals surface area contributed by atoms with E-state index in [4.69, 9.17) is 5.73 Å². The molecule has 0 aliphatic rings. The molecule has 0 saturated carbocycles. The summed E-state index contributed by atoms with van der Waals surface area (Å²) < 4.78 is 0. The first-order valence-corrected chi connectivity index (χ1v) is 7.01. The molecule has 90 valence electrons. The summed E-state index contributed by atoms with van der Waals surface area (Å²) in [5.74, 6) is 2.59. The van der Waals surface area contributed by atoms with Crippen LogP contribution in [0.3, 0.4) is 0 Å². The van der Waals surface area contributed by atoms with Crippen molar-refractivity contribution >= 4 is 17.6 Å². The molecule has 3 nitrogen and oxygen atoms in total. The average molecular weight is 239 g/mol.